The number of hydrogen-bond acceptors (Lipinski definition) is 2. The van der Waals surface area contributed by atoms with Crippen LogP contribution in [0.2, 0.25) is 0 Å². The lowest BCUT2D eigenvalue weighted by atomic mass is 9.88. The zero-order chi connectivity index (χ0) is 10.0. The van der Waals surface area contributed by atoms with Crippen molar-refractivity contribution in [2.24, 2.45) is 11.8 Å². The van der Waals surface area contributed by atoms with Gasteiger partial charge in [-0.15, -0.1) is 11.3 Å². The molecule has 0 saturated carbocycles. The molecule has 1 aromatic heterocycles. The van der Waals surface area contributed by atoms with Gasteiger partial charge in [-0.3, -0.25) is 0 Å². The van der Waals surface area contributed by atoms with E-state index in [0.29, 0.717) is 11.8 Å². The minimum atomic E-state index is -0.300. The molecule has 74 valence electrons. The SMILES string of the molecule is Cc1sccc1C(O)C(C)C(C)C. The van der Waals surface area contributed by atoms with Gasteiger partial charge in [0, 0.05) is 4.88 Å². The Bertz CT molecular complexity index is 265. The fraction of sp³-hybridized carbons (Fsp3) is 0.636. The molecule has 1 rings (SSSR count). The zero-order valence-electron chi connectivity index (χ0n) is 8.74. The van der Waals surface area contributed by atoms with E-state index in [0.717, 1.165) is 5.56 Å². The molecule has 1 nitrogen and oxygen atoms in total. The highest BCUT2D eigenvalue weighted by Crippen LogP contribution is 2.31. The van der Waals surface area contributed by atoms with Gasteiger partial charge in [0.1, 0.15) is 0 Å². The second-order valence-corrected chi connectivity index (χ2v) is 5.10. The smallest absolute Gasteiger partial charge is 0.0828 e. The predicted molar refractivity (Wildman–Crippen MR) is 58.0 cm³/mol. The first kappa shape index (κ1) is 10.7. The van der Waals surface area contributed by atoms with Crippen LogP contribution in [0.3, 0.4) is 0 Å². The van der Waals surface area contributed by atoms with Gasteiger partial charge in [-0.05, 0) is 35.8 Å². The Balaban J connectivity index is 2.79. The molecule has 0 bridgehead atoms. The van der Waals surface area contributed by atoms with Crippen LogP contribution in [0, 0.1) is 18.8 Å². The summed E-state index contributed by atoms with van der Waals surface area (Å²) in [5.74, 6) is 0.850. The van der Waals surface area contributed by atoms with Gasteiger partial charge in [0.2, 0.25) is 0 Å². The van der Waals surface area contributed by atoms with Gasteiger partial charge in [-0.1, -0.05) is 20.8 Å². The normalized spacial score (nSPS) is 16.2. The highest BCUT2D eigenvalue weighted by Gasteiger charge is 2.21. The van der Waals surface area contributed by atoms with Crippen LogP contribution in [0.15, 0.2) is 11.4 Å². The van der Waals surface area contributed by atoms with Crippen LogP contribution in [0.5, 0.6) is 0 Å². The van der Waals surface area contributed by atoms with Crippen molar-refractivity contribution in [2.75, 3.05) is 0 Å². The Kier molecular flexibility index (Phi) is 3.51. The Morgan fingerprint density at radius 1 is 1.31 bits per heavy atom. The summed E-state index contributed by atoms with van der Waals surface area (Å²) >= 11 is 1.70. The van der Waals surface area contributed by atoms with Gasteiger partial charge in [-0.2, -0.15) is 0 Å². The zero-order valence-corrected chi connectivity index (χ0v) is 9.56. The molecular formula is C11H18OS. The molecule has 1 N–H and O–H groups in total. The monoisotopic (exact) mass is 198 g/mol. The quantitative estimate of drug-likeness (QED) is 0.789. The molecule has 0 amide bonds. The Morgan fingerprint density at radius 2 is 1.92 bits per heavy atom. The first-order valence-corrected chi connectivity index (χ1v) is 5.64. The second kappa shape index (κ2) is 4.25. The Labute approximate surface area is 84.4 Å². The minimum absolute atomic E-state index is 0.300. The Hall–Kier alpha value is -0.340. The molecule has 0 radical (unpaired) electrons. The van der Waals surface area contributed by atoms with Gasteiger partial charge in [-0.25, -0.2) is 0 Å². The van der Waals surface area contributed by atoms with Crippen LogP contribution in [-0.4, -0.2) is 5.11 Å². The number of aliphatic hydroxyl groups is 1. The van der Waals surface area contributed by atoms with Gasteiger partial charge in [0.25, 0.3) is 0 Å². The lowest BCUT2D eigenvalue weighted by Crippen LogP contribution is -2.14. The number of aryl methyl sites for hydroxylation is 1. The highest BCUT2D eigenvalue weighted by molar-refractivity contribution is 7.10. The van der Waals surface area contributed by atoms with E-state index >= 15 is 0 Å². The minimum Gasteiger partial charge on any atom is -0.388 e. The van der Waals surface area contributed by atoms with E-state index in [1.165, 1.54) is 4.88 Å². The van der Waals surface area contributed by atoms with Crippen molar-refractivity contribution in [1.29, 1.82) is 0 Å². The highest BCUT2D eigenvalue weighted by atomic mass is 32.1. The molecule has 2 unspecified atom stereocenters. The third-order valence-corrected chi connectivity index (χ3v) is 3.63. The number of rotatable bonds is 3. The number of aliphatic hydroxyl groups excluding tert-OH is 1. The van der Waals surface area contributed by atoms with Crippen LogP contribution in [-0.2, 0) is 0 Å². The maximum atomic E-state index is 10.0. The standard InChI is InChI=1S/C11H18OS/c1-7(2)8(3)11(12)10-5-6-13-9(10)4/h5-8,11-12H,1-4H3. The molecule has 13 heavy (non-hydrogen) atoms. The molecule has 0 aliphatic carbocycles. The van der Waals surface area contributed by atoms with Crippen LogP contribution in [0.1, 0.15) is 37.3 Å². The molecule has 0 spiro atoms. The molecule has 1 aromatic rings. The van der Waals surface area contributed by atoms with E-state index in [1.54, 1.807) is 11.3 Å². The molecular weight excluding hydrogens is 180 g/mol. The van der Waals surface area contributed by atoms with E-state index in [1.807, 2.05) is 11.4 Å². The van der Waals surface area contributed by atoms with Crippen molar-refractivity contribution >= 4 is 11.3 Å². The topological polar surface area (TPSA) is 20.2 Å². The fourth-order valence-corrected chi connectivity index (χ4v) is 2.09. The largest absolute Gasteiger partial charge is 0.388 e. The molecule has 0 aromatic carbocycles. The van der Waals surface area contributed by atoms with Crippen molar-refractivity contribution in [1.82, 2.24) is 0 Å². The molecule has 0 aliphatic rings. The van der Waals surface area contributed by atoms with Crippen LogP contribution in [0.25, 0.3) is 0 Å². The van der Waals surface area contributed by atoms with Gasteiger partial charge in [0.05, 0.1) is 6.10 Å². The molecule has 0 aliphatic heterocycles. The lowest BCUT2D eigenvalue weighted by molar-refractivity contribution is 0.0920. The average Bonchev–Trinajstić information content (AvgIpc) is 2.48. The third kappa shape index (κ3) is 2.32. The van der Waals surface area contributed by atoms with Crippen LogP contribution in [0.4, 0.5) is 0 Å². The van der Waals surface area contributed by atoms with Crippen LogP contribution < -0.4 is 0 Å². The summed E-state index contributed by atoms with van der Waals surface area (Å²) in [7, 11) is 0. The van der Waals surface area contributed by atoms with E-state index in [9.17, 15) is 5.11 Å². The van der Waals surface area contributed by atoms with Crippen molar-refractivity contribution in [3.8, 4) is 0 Å². The molecule has 0 fully saturated rings. The summed E-state index contributed by atoms with van der Waals surface area (Å²) in [4.78, 5) is 1.24. The summed E-state index contributed by atoms with van der Waals surface area (Å²) in [5, 5.41) is 12.1. The van der Waals surface area contributed by atoms with Crippen LogP contribution >= 0.6 is 11.3 Å². The molecule has 2 atom stereocenters. The van der Waals surface area contributed by atoms with Crippen molar-refractivity contribution < 1.29 is 5.11 Å². The third-order valence-electron chi connectivity index (χ3n) is 2.77. The maximum absolute atomic E-state index is 10.0. The van der Waals surface area contributed by atoms with Gasteiger partial charge >= 0.3 is 0 Å². The van der Waals surface area contributed by atoms with E-state index in [2.05, 4.69) is 27.7 Å². The predicted octanol–water partition coefficient (Wildman–Crippen LogP) is 3.38. The summed E-state index contributed by atoms with van der Waals surface area (Å²) < 4.78 is 0. The van der Waals surface area contributed by atoms with E-state index < -0.39 is 0 Å². The molecule has 2 heteroatoms. The first-order valence-electron chi connectivity index (χ1n) is 4.76. The summed E-state index contributed by atoms with van der Waals surface area (Å²) in [6, 6.07) is 2.03. The van der Waals surface area contributed by atoms with Crippen molar-refractivity contribution in [3.63, 3.8) is 0 Å². The van der Waals surface area contributed by atoms with E-state index in [4.69, 9.17) is 0 Å². The molecule has 0 saturated heterocycles. The van der Waals surface area contributed by atoms with Gasteiger partial charge in [0.15, 0.2) is 0 Å². The van der Waals surface area contributed by atoms with Crippen molar-refractivity contribution in [2.45, 2.75) is 33.8 Å². The Morgan fingerprint density at radius 3 is 2.31 bits per heavy atom. The first-order chi connectivity index (χ1) is 6.04. The average molecular weight is 198 g/mol. The fourth-order valence-electron chi connectivity index (χ4n) is 1.35. The number of thiophene rings is 1. The second-order valence-electron chi connectivity index (χ2n) is 3.98. The summed E-state index contributed by atoms with van der Waals surface area (Å²) in [6.07, 6.45) is -0.300. The summed E-state index contributed by atoms with van der Waals surface area (Å²) in [5.41, 5.74) is 1.10. The maximum Gasteiger partial charge on any atom is 0.0828 e. The van der Waals surface area contributed by atoms with E-state index in [-0.39, 0.29) is 6.10 Å². The lowest BCUT2D eigenvalue weighted by Gasteiger charge is -2.22. The molecule has 1 heterocycles. The summed E-state index contributed by atoms with van der Waals surface area (Å²) in [6.45, 7) is 8.47. The number of hydrogen-bond donors (Lipinski definition) is 1. The van der Waals surface area contributed by atoms with Crippen molar-refractivity contribution in [3.05, 3.63) is 21.9 Å². The van der Waals surface area contributed by atoms with Gasteiger partial charge < -0.3 is 5.11 Å².